The normalized spacial score (nSPS) is 9.92. The van der Waals surface area contributed by atoms with Crippen LogP contribution in [0.3, 0.4) is 0 Å². The molecule has 0 aliphatic heterocycles. The van der Waals surface area contributed by atoms with Crippen LogP contribution in [0.1, 0.15) is 0 Å². The molecule has 0 bridgehead atoms. The van der Waals surface area contributed by atoms with E-state index in [9.17, 15) is 0 Å². The molecule has 0 saturated carbocycles. The molecule has 1 N–H and O–H groups in total. The predicted molar refractivity (Wildman–Crippen MR) is 49.4 cm³/mol. The van der Waals surface area contributed by atoms with E-state index in [0.717, 1.165) is 16.9 Å². The molecule has 65 valence electrons. The highest BCUT2D eigenvalue weighted by molar-refractivity contribution is 5.63. The second kappa shape index (κ2) is 3.31. The molecular formula is C10H9N2O. The minimum absolute atomic E-state index is 0.735. The molecule has 1 aromatic carbocycles. The van der Waals surface area contributed by atoms with E-state index in [1.54, 1.807) is 13.3 Å². The smallest absolute Gasteiger partial charge is 0.127 e. The van der Waals surface area contributed by atoms with Crippen molar-refractivity contribution in [2.75, 3.05) is 7.11 Å². The van der Waals surface area contributed by atoms with E-state index in [2.05, 4.69) is 16.3 Å². The average Bonchev–Trinajstić information content (AvgIpc) is 2.71. The second-order valence-corrected chi connectivity index (χ2v) is 2.63. The van der Waals surface area contributed by atoms with Gasteiger partial charge in [-0.2, -0.15) is 5.10 Å². The Hall–Kier alpha value is -1.77. The molecule has 3 heteroatoms. The molecule has 2 aromatic rings. The maximum Gasteiger partial charge on any atom is 0.127 e. The molecule has 0 spiro atoms. The standard InChI is InChI=1S/C10H9N2O/c1-13-10-4-2-3-8(5-10)9-6-11-12-7-9/h2-3,5-7H,1H3,(H,11,12). The zero-order valence-corrected chi connectivity index (χ0v) is 7.24. The number of aromatic amines is 1. The highest BCUT2D eigenvalue weighted by Crippen LogP contribution is 2.21. The SMILES string of the molecule is COc1[c]ccc(-c2cn[nH]c2)c1. The zero-order valence-electron chi connectivity index (χ0n) is 7.24. The van der Waals surface area contributed by atoms with Gasteiger partial charge in [0.2, 0.25) is 0 Å². The van der Waals surface area contributed by atoms with Crippen molar-refractivity contribution in [1.82, 2.24) is 10.2 Å². The first kappa shape index (κ1) is 7.86. The van der Waals surface area contributed by atoms with Crippen molar-refractivity contribution in [1.29, 1.82) is 0 Å². The summed E-state index contributed by atoms with van der Waals surface area (Å²) in [4.78, 5) is 0. The van der Waals surface area contributed by atoms with Crippen molar-refractivity contribution in [2.24, 2.45) is 0 Å². The highest BCUT2D eigenvalue weighted by Gasteiger charge is 1.99. The van der Waals surface area contributed by atoms with Crippen LogP contribution in [-0.2, 0) is 0 Å². The van der Waals surface area contributed by atoms with Crippen LogP contribution in [0.5, 0.6) is 5.75 Å². The number of rotatable bonds is 2. The number of ether oxygens (including phenoxy) is 1. The Labute approximate surface area is 76.4 Å². The van der Waals surface area contributed by atoms with E-state index >= 15 is 0 Å². The number of hydrogen-bond donors (Lipinski definition) is 1. The van der Waals surface area contributed by atoms with Crippen molar-refractivity contribution in [3.8, 4) is 16.9 Å². The molecule has 1 radical (unpaired) electrons. The van der Waals surface area contributed by atoms with Gasteiger partial charge in [0.1, 0.15) is 5.75 Å². The number of H-pyrrole nitrogens is 1. The van der Waals surface area contributed by atoms with Crippen LogP contribution < -0.4 is 4.74 Å². The summed E-state index contributed by atoms with van der Waals surface area (Å²) >= 11 is 0. The fraction of sp³-hybridized carbons (Fsp3) is 0.100. The van der Waals surface area contributed by atoms with Crippen molar-refractivity contribution < 1.29 is 4.74 Å². The lowest BCUT2D eigenvalue weighted by molar-refractivity contribution is 0.414. The summed E-state index contributed by atoms with van der Waals surface area (Å²) in [5, 5.41) is 6.64. The Morgan fingerprint density at radius 1 is 1.46 bits per heavy atom. The fourth-order valence-electron chi connectivity index (χ4n) is 1.15. The Balaban J connectivity index is 2.41. The van der Waals surface area contributed by atoms with Crippen LogP contribution >= 0.6 is 0 Å². The summed E-state index contributed by atoms with van der Waals surface area (Å²) in [5.74, 6) is 0.735. The minimum Gasteiger partial charge on any atom is -0.496 e. The zero-order chi connectivity index (χ0) is 9.10. The van der Waals surface area contributed by atoms with Gasteiger partial charge in [-0.05, 0) is 17.7 Å². The van der Waals surface area contributed by atoms with Gasteiger partial charge < -0.3 is 4.74 Å². The van der Waals surface area contributed by atoms with Gasteiger partial charge in [0.15, 0.2) is 0 Å². The molecule has 0 fully saturated rings. The molecule has 3 nitrogen and oxygen atoms in total. The summed E-state index contributed by atoms with van der Waals surface area (Å²) in [7, 11) is 1.63. The first-order valence-electron chi connectivity index (χ1n) is 3.95. The molecular weight excluding hydrogens is 164 g/mol. The number of aromatic nitrogens is 2. The van der Waals surface area contributed by atoms with E-state index in [0.29, 0.717) is 0 Å². The van der Waals surface area contributed by atoms with Crippen molar-refractivity contribution >= 4 is 0 Å². The summed E-state index contributed by atoms with van der Waals surface area (Å²) in [6.45, 7) is 0. The number of nitrogens with one attached hydrogen (secondary N) is 1. The third-order valence-electron chi connectivity index (χ3n) is 1.83. The molecule has 0 unspecified atom stereocenters. The lowest BCUT2D eigenvalue weighted by Gasteiger charge is -2.00. The molecule has 13 heavy (non-hydrogen) atoms. The Kier molecular flexibility index (Phi) is 2.00. The Morgan fingerprint density at radius 2 is 2.38 bits per heavy atom. The Bertz CT molecular complexity index is 382. The van der Waals surface area contributed by atoms with Crippen molar-refractivity contribution in [3.05, 3.63) is 36.7 Å². The van der Waals surface area contributed by atoms with E-state index in [1.165, 1.54) is 0 Å². The van der Waals surface area contributed by atoms with E-state index < -0.39 is 0 Å². The van der Waals surface area contributed by atoms with Crippen LogP contribution in [0.25, 0.3) is 11.1 Å². The molecule has 0 amide bonds. The summed E-state index contributed by atoms with van der Waals surface area (Å²) < 4.78 is 5.07. The second-order valence-electron chi connectivity index (χ2n) is 2.63. The highest BCUT2D eigenvalue weighted by atomic mass is 16.5. The third kappa shape index (κ3) is 1.54. The van der Waals surface area contributed by atoms with Gasteiger partial charge in [0, 0.05) is 17.8 Å². The maximum atomic E-state index is 5.07. The maximum absolute atomic E-state index is 5.07. The van der Waals surface area contributed by atoms with E-state index in [1.807, 2.05) is 24.4 Å². The van der Waals surface area contributed by atoms with Gasteiger partial charge in [-0.3, -0.25) is 5.10 Å². The predicted octanol–water partition coefficient (Wildman–Crippen LogP) is 1.89. The number of nitrogens with zero attached hydrogens (tertiary/aromatic N) is 1. The molecule has 0 aliphatic carbocycles. The largest absolute Gasteiger partial charge is 0.496 e. The molecule has 1 aromatic heterocycles. The Morgan fingerprint density at radius 3 is 3.08 bits per heavy atom. The van der Waals surface area contributed by atoms with Crippen LogP contribution in [0.4, 0.5) is 0 Å². The lowest BCUT2D eigenvalue weighted by atomic mass is 10.1. The molecule has 1 heterocycles. The first-order valence-corrected chi connectivity index (χ1v) is 3.95. The monoisotopic (exact) mass is 173 g/mol. The minimum atomic E-state index is 0.735. The third-order valence-corrected chi connectivity index (χ3v) is 1.83. The van der Waals surface area contributed by atoms with Crippen molar-refractivity contribution in [3.63, 3.8) is 0 Å². The van der Waals surface area contributed by atoms with Gasteiger partial charge in [-0.15, -0.1) is 0 Å². The number of methoxy groups -OCH3 is 1. The van der Waals surface area contributed by atoms with Crippen molar-refractivity contribution in [2.45, 2.75) is 0 Å². The molecule has 0 saturated heterocycles. The summed E-state index contributed by atoms with van der Waals surface area (Å²) in [6.07, 6.45) is 3.61. The van der Waals surface area contributed by atoms with Gasteiger partial charge >= 0.3 is 0 Å². The lowest BCUT2D eigenvalue weighted by Crippen LogP contribution is -1.82. The molecule has 2 rings (SSSR count). The summed E-state index contributed by atoms with van der Waals surface area (Å²) in [5.41, 5.74) is 2.12. The summed E-state index contributed by atoms with van der Waals surface area (Å²) in [6, 6.07) is 8.69. The fourth-order valence-corrected chi connectivity index (χ4v) is 1.15. The van der Waals surface area contributed by atoms with Gasteiger partial charge in [0.05, 0.1) is 13.3 Å². The van der Waals surface area contributed by atoms with Crippen LogP contribution in [0, 0.1) is 6.07 Å². The van der Waals surface area contributed by atoms with E-state index in [4.69, 9.17) is 4.74 Å². The first-order chi connectivity index (χ1) is 6.40. The topological polar surface area (TPSA) is 37.9 Å². The number of hydrogen-bond acceptors (Lipinski definition) is 2. The quantitative estimate of drug-likeness (QED) is 0.753. The van der Waals surface area contributed by atoms with E-state index in [-0.39, 0.29) is 0 Å². The number of benzene rings is 1. The van der Waals surface area contributed by atoms with Gasteiger partial charge in [-0.25, -0.2) is 0 Å². The molecule has 0 atom stereocenters. The average molecular weight is 173 g/mol. The van der Waals surface area contributed by atoms with Crippen LogP contribution in [-0.4, -0.2) is 17.3 Å². The van der Waals surface area contributed by atoms with Crippen LogP contribution in [0.15, 0.2) is 30.6 Å². The molecule has 0 aliphatic rings. The van der Waals surface area contributed by atoms with Gasteiger partial charge in [-0.1, -0.05) is 6.07 Å². The van der Waals surface area contributed by atoms with Gasteiger partial charge in [0.25, 0.3) is 0 Å². The van der Waals surface area contributed by atoms with Crippen LogP contribution in [0.2, 0.25) is 0 Å².